The molecule has 0 N–H and O–H groups in total. The third-order valence-corrected chi connectivity index (χ3v) is 7.11. The Hall–Kier alpha value is -1.59. The van der Waals surface area contributed by atoms with Crippen molar-refractivity contribution in [2.75, 3.05) is 13.2 Å². The first-order valence-corrected chi connectivity index (χ1v) is 16.5. The molecular weight excluding hydrogens is 492 g/mol. The van der Waals surface area contributed by atoms with Gasteiger partial charge in [0.2, 0.25) is 0 Å². The van der Waals surface area contributed by atoms with Crippen LogP contribution in [0.5, 0.6) is 0 Å². The van der Waals surface area contributed by atoms with Crippen LogP contribution >= 0.6 is 0 Å². The van der Waals surface area contributed by atoms with E-state index in [1.54, 1.807) is 0 Å². The molecule has 0 rings (SSSR count). The maximum atomic E-state index is 12.4. The molecule has 1 unspecified atom stereocenters. The van der Waals surface area contributed by atoms with Gasteiger partial charge in [0.1, 0.15) is 13.2 Å². The Kier molecular flexibility index (Phi) is 28.2. The molecule has 0 amide bonds. The van der Waals surface area contributed by atoms with E-state index in [2.05, 4.69) is 20.8 Å². The summed E-state index contributed by atoms with van der Waals surface area (Å²) in [7, 11) is 0. The Balaban J connectivity index is 4.25. The fourth-order valence-corrected chi connectivity index (χ4v) is 4.56. The summed E-state index contributed by atoms with van der Waals surface area (Å²) in [6, 6.07) is 0. The lowest BCUT2D eigenvalue weighted by Gasteiger charge is -2.18. The van der Waals surface area contributed by atoms with Gasteiger partial charge >= 0.3 is 17.9 Å². The normalized spacial score (nSPS) is 11.8. The van der Waals surface area contributed by atoms with E-state index in [-0.39, 0.29) is 31.1 Å². The van der Waals surface area contributed by atoms with Crippen LogP contribution in [0.4, 0.5) is 0 Å². The van der Waals surface area contributed by atoms with Gasteiger partial charge in [-0.1, -0.05) is 136 Å². The summed E-state index contributed by atoms with van der Waals surface area (Å²) in [4.78, 5) is 36.7. The zero-order valence-electron chi connectivity index (χ0n) is 25.9. The molecule has 0 aliphatic rings. The van der Waals surface area contributed by atoms with Crippen molar-refractivity contribution >= 4 is 17.9 Å². The minimum atomic E-state index is -0.752. The van der Waals surface area contributed by atoms with E-state index in [4.69, 9.17) is 14.2 Å². The maximum absolute atomic E-state index is 12.4. The average Bonchev–Trinajstić information content (AvgIpc) is 2.92. The fraction of sp³-hybridized carbons (Fsp3) is 0.909. The predicted octanol–water partition coefficient (Wildman–Crippen LogP) is 9.41. The van der Waals surface area contributed by atoms with Crippen LogP contribution in [0.3, 0.4) is 0 Å². The van der Waals surface area contributed by atoms with Gasteiger partial charge in [0.15, 0.2) is 6.10 Å². The lowest BCUT2D eigenvalue weighted by atomic mass is 10.1. The Morgan fingerprint density at radius 1 is 0.410 bits per heavy atom. The van der Waals surface area contributed by atoms with E-state index in [9.17, 15) is 14.4 Å². The second-order valence-corrected chi connectivity index (χ2v) is 11.1. The first kappa shape index (κ1) is 37.4. The third kappa shape index (κ3) is 27.8. The number of hydrogen-bond donors (Lipinski definition) is 0. The molecule has 0 saturated heterocycles. The Bertz CT molecular complexity index is 577. The summed E-state index contributed by atoms with van der Waals surface area (Å²) < 4.78 is 16.3. The molecule has 0 bridgehead atoms. The maximum Gasteiger partial charge on any atom is 0.306 e. The molecular formula is C33H62O6. The Morgan fingerprint density at radius 2 is 0.692 bits per heavy atom. The Morgan fingerprint density at radius 3 is 1.08 bits per heavy atom. The second kappa shape index (κ2) is 29.4. The molecule has 0 heterocycles. The Labute approximate surface area is 240 Å². The van der Waals surface area contributed by atoms with Crippen molar-refractivity contribution < 1.29 is 28.6 Å². The van der Waals surface area contributed by atoms with E-state index in [1.807, 2.05) is 0 Å². The first-order chi connectivity index (χ1) is 19.0. The number of hydrogen-bond acceptors (Lipinski definition) is 6. The van der Waals surface area contributed by atoms with Crippen molar-refractivity contribution in [2.24, 2.45) is 0 Å². The number of carbonyl (C=O) groups is 3. The van der Waals surface area contributed by atoms with Gasteiger partial charge in [-0.25, -0.2) is 0 Å². The van der Waals surface area contributed by atoms with Gasteiger partial charge in [0.05, 0.1) is 0 Å². The molecule has 0 aromatic carbocycles. The van der Waals surface area contributed by atoms with Crippen molar-refractivity contribution in [1.82, 2.24) is 0 Å². The lowest BCUT2D eigenvalue weighted by molar-refractivity contribution is -0.167. The van der Waals surface area contributed by atoms with Crippen LogP contribution in [-0.4, -0.2) is 37.2 Å². The molecule has 0 aromatic rings. The van der Waals surface area contributed by atoms with Crippen molar-refractivity contribution in [3.63, 3.8) is 0 Å². The van der Waals surface area contributed by atoms with Crippen LogP contribution < -0.4 is 0 Å². The summed E-state index contributed by atoms with van der Waals surface area (Å²) in [6.07, 6.45) is 24.4. The molecule has 6 heteroatoms. The fourth-order valence-electron chi connectivity index (χ4n) is 4.56. The molecule has 0 aliphatic carbocycles. The lowest BCUT2D eigenvalue weighted by Crippen LogP contribution is -2.30. The monoisotopic (exact) mass is 554 g/mol. The van der Waals surface area contributed by atoms with Crippen LogP contribution in [0.2, 0.25) is 0 Å². The third-order valence-electron chi connectivity index (χ3n) is 7.11. The SMILES string of the molecule is CCCCCCCCCCCC(=O)OCC(COC(=O)CCCCC)OC(=O)CCCCCCCCCCC. The zero-order valence-corrected chi connectivity index (χ0v) is 25.9. The van der Waals surface area contributed by atoms with Gasteiger partial charge in [0, 0.05) is 19.3 Å². The molecule has 0 spiro atoms. The molecule has 230 valence electrons. The predicted molar refractivity (Wildman–Crippen MR) is 160 cm³/mol. The van der Waals surface area contributed by atoms with E-state index in [1.165, 1.54) is 77.0 Å². The van der Waals surface area contributed by atoms with Gasteiger partial charge in [-0.3, -0.25) is 14.4 Å². The highest BCUT2D eigenvalue weighted by atomic mass is 16.6. The highest BCUT2D eigenvalue weighted by molar-refractivity contribution is 5.71. The van der Waals surface area contributed by atoms with Gasteiger partial charge in [-0.2, -0.15) is 0 Å². The van der Waals surface area contributed by atoms with Crippen LogP contribution in [0.1, 0.15) is 175 Å². The number of rotatable bonds is 29. The standard InChI is InChI=1S/C33H62O6/c1-4-7-10-12-14-16-18-20-23-26-32(35)38-29-30(28-37-31(34)25-22-9-6-3)39-33(36)27-24-21-19-17-15-13-11-8-5-2/h30H,4-29H2,1-3H3. The summed E-state index contributed by atoms with van der Waals surface area (Å²) >= 11 is 0. The first-order valence-electron chi connectivity index (χ1n) is 16.5. The minimum absolute atomic E-state index is 0.0675. The van der Waals surface area contributed by atoms with Crippen LogP contribution in [0.15, 0.2) is 0 Å². The quantitative estimate of drug-likeness (QED) is 0.0520. The highest BCUT2D eigenvalue weighted by Gasteiger charge is 2.19. The summed E-state index contributed by atoms with van der Waals surface area (Å²) in [5, 5.41) is 0. The molecule has 0 saturated carbocycles. The van der Waals surface area contributed by atoms with Gasteiger partial charge in [-0.05, 0) is 19.3 Å². The number of ether oxygens (including phenoxy) is 3. The molecule has 1 atom stereocenters. The van der Waals surface area contributed by atoms with E-state index in [0.29, 0.717) is 19.3 Å². The van der Waals surface area contributed by atoms with Gasteiger partial charge in [-0.15, -0.1) is 0 Å². The van der Waals surface area contributed by atoms with Gasteiger partial charge < -0.3 is 14.2 Å². The smallest absolute Gasteiger partial charge is 0.306 e. The number of esters is 3. The summed E-state index contributed by atoms with van der Waals surface area (Å²) in [6.45, 7) is 6.40. The van der Waals surface area contributed by atoms with Crippen molar-refractivity contribution in [2.45, 2.75) is 181 Å². The molecule has 0 aliphatic heterocycles. The number of unbranched alkanes of at least 4 members (excludes halogenated alkanes) is 18. The van der Waals surface area contributed by atoms with Crippen molar-refractivity contribution in [3.8, 4) is 0 Å². The topological polar surface area (TPSA) is 78.9 Å². The summed E-state index contributed by atoms with van der Waals surface area (Å²) in [5.41, 5.74) is 0. The molecule has 0 fully saturated rings. The zero-order chi connectivity index (χ0) is 28.8. The number of carbonyl (C=O) groups excluding carboxylic acids is 3. The largest absolute Gasteiger partial charge is 0.462 e. The average molecular weight is 555 g/mol. The molecule has 0 radical (unpaired) electrons. The van der Waals surface area contributed by atoms with E-state index < -0.39 is 6.10 Å². The van der Waals surface area contributed by atoms with Crippen LogP contribution in [-0.2, 0) is 28.6 Å². The molecule has 39 heavy (non-hydrogen) atoms. The van der Waals surface area contributed by atoms with Crippen molar-refractivity contribution in [1.29, 1.82) is 0 Å². The van der Waals surface area contributed by atoms with E-state index in [0.717, 1.165) is 57.8 Å². The van der Waals surface area contributed by atoms with Crippen molar-refractivity contribution in [3.05, 3.63) is 0 Å². The van der Waals surface area contributed by atoms with Crippen LogP contribution in [0, 0.1) is 0 Å². The second-order valence-electron chi connectivity index (χ2n) is 11.1. The van der Waals surface area contributed by atoms with E-state index >= 15 is 0 Å². The minimum Gasteiger partial charge on any atom is -0.462 e. The van der Waals surface area contributed by atoms with Gasteiger partial charge in [0.25, 0.3) is 0 Å². The van der Waals surface area contributed by atoms with Crippen LogP contribution in [0.25, 0.3) is 0 Å². The molecule has 6 nitrogen and oxygen atoms in total. The molecule has 0 aromatic heterocycles. The summed E-state index contributed by atoms with van der Waals surface area (Å²) in [5.74, 6) is -0.906. The highest BCUT2D eigenvalue weighted by Crippen LogP contribution is 2.13.